The Bertz CT molecular complexity index is 311. The highest BCUT2D eigenvalue weighted by Gasteiger charge is 2.26. The van der Waals surface area contributed by atoms with Gasteiger partial charge in [0, 0.05) is 5.92 Å². The monoisotopic (exact) mass is 192 g/mol. The van der Waals surface area contributed by atoms with Crippen molar-refractivity contribution in [2.45, 2.75) is 44.1 Å². The fraction of sp³-hybridized carbons (Fsp3) is 0.727. The van der Waals surface area contributed by atoms with Crippen molar-refractivity contribution in [3.05, 3.63) is 17.8 Å². The maximum atomic E-state index is 5.80. The SMILES string of the molecule is c1nc(C2CCCN2)oc1C1CCC1. The van der Waals surface area contributed by atoms with Gasteiger partial charge in [-0.2, -0.15) is 0 Å². The Morgan fingerprint density at radius 3 is 2.86 bits per heavy atom. The van der Waals surface area contributed by atoms with Gasteiger partial charge in [-0.15, -0.1) is 0 Å². The van der Waals surface area contributed by atoms with E-state index in [4.69, 9.17) is 4.42 Å². The summed E-state index contributed by atoms with van der Waals surface area (Å²) < 4.78 is 5.80. The second-order valence-corrected chi connectivity index (χ2v) is 4.38. The average molecular weight is 192 g/mol. The molecular formula is C11H16N2O. The lowest BCUT2D eigenvalue weighted by Crippen LogP contribution is -2.13. The molecule has 0 radical (unpaired) electrons. The molecule has 2 fully saturated rings. The van der Waals surface area contributed by atoms with E-state index in [9.17, 15) is 0 Å². The van der Waals surface area contributed by atoms with Crippen LogP contribution in [0, 0.1) is 0 Å². The lowest BCUT2D eigenvalue weighted by Gasteiger charge is -2.22. The molecule has 0 spiro atoms. The van der Waals surface area contributed by atoms with Gasteiger partial charge < -0.3 is 9.73 Å². The molecule has 3 heteroatoms. The Morgan fingerprint density at radius 1 is 1.29 bits per heavy atom. The van der Waals surface area contributed by atoms with Gasteiger partial charge in [0.25, 0.3) is 0 Å². The number of oxazole rings is 1. The Morgan fingerprint density at radius 2 is 2.21 bits per heavy atom. The second kappa shape index (κ2) is 3.39. The van der Waals surface area contributed by atoms with Gasteiger partial charge >= 0.3 is 0 Å². The van der Waals surface area contributed by atoms with E-state index in [-0.39, 0.29) is 0 Å². The molecule has 2 heterocycles. The maximum Gasteiger partial charge on any atom is 0.211 e. The third kappa shape index (κ3) is 1.36. The summed E-state index contributed by atoms with van der Waals surface area (Å²) in [4.78, 5) is 4.37. The summed E-state index contributed by atoms with van der Waals surface area (Å²) in [5, 5.41) is 3.40. The van der Waals surface area contributed by atoms with Crippen molar-refractivity contribution in [1.82, 2.24) is 10.3 Å². The van der Waals surface area contributed by atoms with Crippen molar-refractivity contribution in [3.63, 3.8) is 0 Å². The molecule has 0 aromatic carbocycles. The van der Waals surface area contributed by atoms with Gasteiger partial charge in [-0.1, -0.05) is 6.42 Å². The number of nitrogens with one attached hydrogen (secondary N) is 1. The Labute approximate surface area is 83.9 Å². The van der Waals surface area contributed by atoms with Crippen LogP contribution in [-0.2, 0) is 0 Å². The predicted molar refractivity (Wildman–Crippen MR) is 53.1 cm³/mol. The van der Waals surface area contributed by atoms with Crippen LogP contribution in [0.5, 0.6) is 0 Å². The van der Waals surface area contributed by atoms with E-state index in [1.807, 2.05) is 6.20 Å². The summed E-state index contributed by atoms with van der Waals surface area (Å²) in [5.74, 6) is 2.68. The molecule has 2 aliphatic rings. The zero-order valence-electron chi connectivity index (χ0n) is 8.33. The molecule has 0 amide bonds. The summed E-state index contributed by atoms with van der Waals surface area (Å²) in [6.07, 6.45) is 8.26. The molecule has 14 heavy (non-hydrogen) atoms. The van der Waals surface area contributed by atoms with E-state index >= 15 is 0 Å². The zero-order chi connectivity index (χ0) is 9.38. The highest BCUT2D eigenvalue weighted by Crippen LogP contribution is 2.37. The van der Waals surface area contributed by atoms with Gasteiger partial charge in [0.05, 0.1) is 12.2 Å². The molecule has 1 aromatic heterocycles. The molecule has 3 nitrogen and oxygen atoms in total. The number of aromatic nitrogens is 1. The van der Waals surface area contributed by atoms with Gasteiger partial charge in [-0.05, 0) is 32.2 Å². The molecule has 1 saturated heterocycles. The average Bonchev–Trinajstić information content (AvgIpc) is 2.65. The maximum absolute atomic E-state index is 5.80. The van der Waals surface area contributed by atoms with Crippen LogP contribution < -0.4 is 5.32 Å². The molecule has 76 valence electrons. The highest BCUT2D eigenvalue weighted by atomic mass is 16.4. The molecule has 0 bridgehead atoms. The van der Waals surface area contributed by atoms with Crippen LogP contribution in [0.25, 0.3) is 0 Å². The van der Waals surface area contributed by atoms with Crippen molar-refractivity contribution in [1.29, 1.82) is 0 Å². The van der Waals surface area contributed by atoms with Crippen LogP contribution in [0.15, 0.2) is 10.6 Å². The number of hydrogen-bond donors (Lipinski definition) is 1. The molecular weight excluding hydrogens is 176 g/mol. The van der Waals surface area contributed by atoms with Gasteiger partial charge in [-0.25, -0.2) is 4.98 Å². The first-order chi connectivity index (χ1) is 6.93. The van der Waals surface area contributed by atoms with Gasteiger partial charge in [0.15, 0.2) is 0 Å². The van der Waals surface area contributed by atoms with E-state index in [1.54, 1.807) is 0 Å². The number of hydrogen-bond acceptors (Lipinski definition) is 3. The molecule has 1 aliphatic carbocycles. The summed E-state index contributed by atoms with van der Waals surface area (Å²) in [5.41, 5.74) is 0. The minimum atomic E-state index is 0.379. The van der Waals surface area contributed by atoms with Crippen LogP contribution >= 0.6 is 0 Å². The van der Waals surface area contributed by atoms with Crippen LogP contribution in [0.3, 0.4) is 0 Å². The minimum absolute atomic E-state index is 0.379. The standard InChI is InChI=1S/C11H16N2O/c1-3-8(4-1)10-7-13-11(14-10)9-5-2-6-12-9/h7-9,12H,1-6H2. The third-order valence-electron chi connectivity index (χ3n) is 3.41. The van der Waals surface area contributed by atoms with E-state index in [2.05, 4.69) is 10.3 Å². The topological polar surface area (TPSA) is 38.1 Å². The Balaban J connectivity index is 1.75. The van der Waals surface area contributed by atoms with Crippen LogP contribution in [0.4, 0.5) is 0 Å². The summed E-state index contributed by atoms with van der Waals surface area (Å²) >= 11 is 0. The van der Waals surface area contributed by atoms with Crippen molar-refractivity contribution in [2.75, 3.05) is 6.54 Å². The van der Waals surface area contributed by atoms with Gasteiger partial charge in [0.2, 0.25) is 5.89 Å². The van der Waals surface area contributed by atoms with E-state index < -0.39 is 0 Å². The van der Waals surface area contributed by atoms with Crippen LogP contribution in [0.1, 0.15) is 55.7 Å². The summed E-state index contributed by atoms with van der Waals surface area (Å²) in [6, 6.07) is 0.379. The first-order valence-corrected chi connectivity index (χ1v) is 5.62. The largest absolute Gasteiger partial charge is 0.444 e. The molecule has 3 rings (SSSR count). The summed E-state index contributed by atoms with van der Waals surface area (Å²) in [6.45, 7) is 1.10. The van der Waals surface area contributed by atoms with E-state index in [0.29, 0.717) is 12.0 Å². The predicted octanol–water partition coefficient (Wildman–Crippen LogP) is 2.37. The fourth-order valence-electron chi connectivity index (χ4n) is 2.24. The van der Waals surface area contributed by atoms with Crippen molar-refractivity contribution >= 4 is 0 Å². The van der Waals surface area contributed by atoms with Gasteiger partial charge in [-0.3, -0.25) is 0 Å². The molecule has 1 aliphatic heterocycles. The molecule has 1 aromatic rings. The molecule has 1 saturated carbocycles. The fourth-order valence-corrected chi connectivity index (χ4v) is 2.24. The first kappa shape index (κ1) is 8.48. The second-order valence-electron chi connectivity index (χ2n) is 4.38. The quantitative estimate of drug-likeness (QED) is 0.781. The molecule has 1 atom stereocenters. The first-order valence-electron chi connectivity index (χ1n) is 5.62. The van der Waals surface area contributed by atoms with Crippen LogP contribution in [0.2, 0.25) is 0 Å². The Kier molecular flexibility index (Phi) is 2.05. The highest BCUT2D eigenvalue weighted by molar-refractivity contribution is 5.07. The lowest BCUT2D eigenvalue weighted by atomic mass is 9.84. The van der Waals surface area contributed by atoms with Gasteiger partial charge in [0.1, 0.15) is 5.76 Å². The Hall–Kier alpha value is -0.830. The number of nitrogens with zero attached hydrogens (tertiary/aromatic N) is 1. The van der Waals surface area contributed by atoms with E-state index in [1.165, 1.54) is 32.1 Å². The number of rotatable bonds is 2. The minimum Gasteiger partial charge on any atom is -0.444 e. The molecule has 1 N–H and O–H groups in total. The van der Waals surface area contributed by atoms with E-state index in [0.717, 1.165) is 18.2 Å². The summed E-state index contributed by atoms with van der Waals surface area (Å²) in [7, 11) is 0. The van der Waals surface area contributed by atoms with Crippen molar-refractivity contribution in [2.24, 2.45) is 0 Å². The van der Waals surface area contributed by atoms with Crippen molar-refractivity contribution < 1.29 is 4.42 Å². The van der Waals surface area contributed by atoms with Crippen LogP contribution in [-0.4, -0.2) is 11.5 Å². The molecule has 1 unspecified atom stereocenters. The smallest absolute Gasteiger partial charge is 0.211 e. The normalized spacial score (nSPS) is 27.9. The lowest BCUT2D eigenvalue weighted by molar-refractivity contribution is 0.321. The zero-order valence-corrected chi connectivity index (χ0v) is 8.33. The third-order valence-corrected chi connectivity index (χ3v) is 3.41. The van der Waals surface area contributed by atoms with Crippen molar-refractivity contribution in [3.8, 4) is 0 Å².